The lowest BCUT2D eigenvalue weighted by atomic mass is 9.95. The van der Waals surface area contributed by atoms with Gasteiger partial charge in [-0.1, -0.05) is 42.5 Å². The highest BCUT2D eigenvalue weighted by Crippen LogP contribution is 2.39. The number of rotatable bonds is 6. The molecule has 1 aliphatic heterocycles. The molecule has 9 heteroatoms. The largest absolute Gasteiger partial charge is 0.354 e. The van der Waals surface area contributed by atoms with Crippen molar-refractivity contribution in [1.82, 2.24) is 9.62 Å². The molecule has 0 saturated carbocycles. The van der Waals surface area contributed by atoms with Gasteiger partial charge < -0.3 is 5.32 Å². The van der Waals surface area contributed by atoms with Gasteiger partial charge >= 0.3 is 0 Å². The molecule has 1 N–H and O–H groups in total. The van der Waals surface area contributed by atoms with Gasteiger partial charge in [0.25, 0.3) is 0 Å². The van der Waals surface area contributed by atoms with E-state index < -0.39 is 16.1 Å². The Hall–Kier alpha value is -2.07. The molecule has 0 fully saturated rings. The minimum Gasteiger partial charge on any atom is -0.354 e. The molecule has 1 aliphatic rings. The van der Waals surface area contributed by atoms with Gasteiger partial charge in [-0.2, -0.15) is 4.31 Å². The molecule has 0 spiro atoms. The number of hydrogen-bond acceptors (Lipinski definition) is 3. The van der Waals surface area contributed by atoms with Crippen molar-refractivity contribution >= 4 is 47.8 Å². The van der Waals surface area contributed by atoms with Gasteiger partial charge in [-0.15, -0.1) is 0 Å². The number of nitrogens with zero attached hydrogens (tertiary/aromatic N) is 1. The molecule has 3 aromatic carbocycles. The summed E-state index contributed by atoms with van der Waals surface area (Å²) in [4.78, 5) is 13.5. The molecule has 184 valence electrons. The van der Waals surface area contributed by atoms with Crippen LogP contribution in [0.25, 0.3) is 0 Å². The Morgan fingerprint density at radius 3 is 2.26 bits per heavy atom. The molecular weight excluding hydrogens is 599 g/mol. The maximum Gasteiger partial charge on any atom is 0.246 e. The quantitative estimate of drug-likeness (QED) is 0.398. The highest BCUT2D eigenvalue weighted by atomic mass is 79.9. The fourth-order valence-electron chi connectivity index (χ4n) is 4.32. The number of benzene rings is 3. The van der Waals surface area contributed by atoms with Crippen LogP contribution in [0.5, 0.6) is 0 Å². The molecule has 0 radical (unpaired) electrons. The van der Waals surface area contributed by atoms with Crippen LogP contribution in [0.3, 0.4) is 0 Å². The SMILES string of the molecule is Cc1cc(C)c(Br)c(S(=O)(=O)N2Cc3ccccc3CC2C(=O)NCCc2ccc(F)cc2)c1Br. The molecule has 35 heavy (non-hydrogen) atoms. The van der Waals surface area contributed by atoms with E-state index >= 15 is 0 Å². The third-order valence-electron chi connectivity index (χ3n) is 6.23. The lowest BCUT2D eigenvalue weighted by molar-refractivity contribution is -0.125. The predicted octanol–water partition coefficient (Wildman–Crippen LogP) is 5.44. The molecule has 4 rings (SSSR count). The van der Waals surface area contributed by atoms with Crippen LogP contribution in [0.1, 0.15) is 27.8 Å². The lowest BCUT2D eigenvalue weighted by Gasteiger charge is -2.35. The second kappa shape index (κ2) is 10.5. The van der Waals surface area contributed by atoms with Crippen LogP contribution < -0.4 is 5.32 Å². The van der Waals surface area contributed by atoms with E-state index in [9.17, 15) is 17.6 Å². The standard InChI is InChI=1S/C26H25Br2FN2O3S/c1-16-13-17(2)24(28)25(23(16)27)35(33,34)31-15-20-6-4-3-5-19(20)14-22(31)26(32)30-12-11-18-7-9-21(29)10-8-18/h3-10,13,22H,11-12,14-15H2,1-2H3,(H,30,32). The van der Waals surface area contributed by atoms with Crippen LogP contribution in [0.2, 0.25) is 0 Å². The van der Waals surface area contributed by atoms with E-state index in [0.29, 0.717) is 21.9 Å². The Kier molecular flexibility index (Phi) is 7.80. The highest BCUT2D eigenvalue weighted by molar-refractivity contribution is 9.11. The normalized spacial score (nSPS) is 16.1. The Balaban J connectivity index is 1.66. The van der Waals surface area contributed by atoms with E-state index in [1.54, 1.807) is 12.1 Å². The first-order valence-electron chi connectivity index (χ1n) is 11.2. The Morgan fingerprint density at radius 2 is 1.63 bits per heavy atom. The first-order valence-corrected chi connectivity index (χ1v) is 14.2. The summed E-state index contributed by atoms with van der Waals surface area (Å²) in [6.45, 7) is 4.09. The maximum atomic E-state index is 14.0. The first kappa shape index (κ1) is 26.0. The smallest absolute Gasteiger partial charge is 0.246 e. The van der Waals surface area contributed by atoms with Gasteiger partial charge in [-0.3, -0.25) is 4.79 Å². The maximum absolute atomic E-state index is 14.0. The topological polar surface area (TPSA) is 66.5 Å². The molecular formula is C26H25Br2FN2O3S. The van der Waals surface area contributed by atoms with E-state index in [1.165, 1.54) is 16.4 Å². The summed E-state index contributed by atoms with van der Waals surface area (Å²) in [5.41, 5.74) is 4.30. The summed E-state index contributed by atoms with van der Waals surface area (Å²) in [5.74, 6) is -0.676. The van der Waals surface area contributed by atoms with Crippen molar-refractivity contribution in [3.05, 3.63) is 97.2 Å². The average Bonchev–Trinajstić information content (AvgIpc) is 2.83. The van der Waals surface area contributed by atoms with E-state index in [2.05, 4.69) is 37.2 Å². The molecule has 5 nitrogen and oxygen atoms in total. The van der Waals surface area contributed by atoms with E-state index in [0.717, 1.165) is 27.8 Å². The van der Waals surface area contributed by atoms with Crippen molar-refractivity contribution in [3.8, 4) is 0 Å². The number of hydrogen-bond donors (Lipinski definition) is 1. The molecule has 1 atom stereocenters. The molecule has 0 bridgehead atoms. The zero-order valence-corrected chi connectivity index (χ0v) is 23.3. The zero-order valence-electron chi connectivity index (χ0n) is 19.3. The summed E-state index contributed by atoms with van der Waals surface area (Å²) in [6.07, 6.45) is 0.786. The lowest BCUT2D eigenvalue weighted by Crippen LogP contribution is -2.52. The summed E-state index contributed by atoms with van der Waals surface area (Å²) in [7, 11) is -4.05. The number of carbonyl (C=O) groups is 1. The van der Waals surface area contributed by atoms with Crippen molar-refractivity contribution in [2.75, 3.05) is 6.54 Å². The van der Waals surface area contributed by atoms with Crippen LogP contribution in [0.15, 0.2) is 68.4 Å². The minimum absolute atomic E-state index is 0.0976. The number of amides is 1. The van der Waals surface area contributed by atoms with Gasteiger partial charge in [-0.25, -0.2) is 12.8 Å². The molecule has 0 aromatic heterocycles. The van der Waals surface area contributed by atoms with E-state index in [1.807, 2.05) is 44.2 Å². The third kappa shape index (κ3) is 5.38. The molecule has 0 saturated heterocycles. The average molecular weight is 624 g/mol. The molecule has 0 aliphatic carbocycles. The van der Waals surface area contributed by atoms with Gasteiger partial charge in [-0.05, 0) is 98.5 Å². The van der Waals surface area contributed by atoms with E-state index in [4.69, 9.17) is 0 Å². The highest BCUT2D eigenvalue weighted by Gasteiger charge is 2.41. The predicted molar refractivity (Wildman–Crippen MR) is 141 cm³/mol. The first-order chi connectivity index (χ1) is 16.6. The number of aryl methyl sites for hydroxylation is 2. The molecule has 1 heterocycles. The van der Waals surface area contributed by atoms with Gasteiger partial charge in [0.1, 0.15) is 16.8 Å². The fourth-order valence-corrected chi connectivity index (χ4v) is 8.27. The Labute approximate surface area is 222 Å². The third-order valence-corrected chi connectivity index (χ3v) is 10.7. The van der Waals surface area contributed by atoms with Crippen LogP contribution in [0, 0.1) is 19.7 Å². The van der Waals surface area contributed by atoms with Crippen LogP contribution in [-0.2, 0) is 34.2 Å². The van der Waals surface area contributed by atoms with Crippen molar-refractivity contribution in [2.24, 2.45) is 0 Å². The molecule has 1 unspecified atom stereocenters. The van der Waals surface area contributed by atoms with Crippen molar-refractivity contribution < 1.29 is 17.6 Å². The van der Waals surface area contributed by atoms with Gasteiger partial charge in [0.2, 0.25) is 15.9 Å². The van der Waals surface area contributed by atoms with Gasteiger partial charge in [0, 0.05) is 22.0 Å². The minimum atomic E-state index is -4.05. The van der Waals surface area contributed by atoms with Crippen LogP contribution in [-0.4, -0.2) is 31.2 Å². The van der Waals surface area contributed by atoms with Crippen molar-refractivity contribution in [1.29, 1.82) is 0 Å². The summed E-state index contributed by atoms with van der Waals surface area (Å²) >= 11 is 6.93. The summed E-state index contributed by atoms with van der Waals surface area (Å²) in [5, 5.41) is 2.89. The molecule has 3 aromatic rings. The number of carbonyl (C=O) groups excluding carboxylic acids is 1. The second-order valence-electron chi connectivity index (χ2n) is 8.67. The molecule has 1 amide bonds. The Bertz CT molecular complexity index is 1350. The van der Waals surface area contributed by atoms with Gasteiger partial charge in [0.05, 0.1) is 0 Å². The van der Waals surface area contributed by atoms with Crippen LogP contribution in [0.4, 0.5) is 4.39 Å². The fraction of sp³-hybridized carbons (Fsp3) is 0.269. The summed E-state index contributed by atoms with van der Waals surface area (Å²) < 4.78 is 43.5. The number of halogens is 3. The van der Waals surface area contributed by atoms with Crippen molar-refractivity contribution in [3.63, 3.8) is 0 Å². The zero-order chi connectivity index (χ0) is 25.3. The summed E-state index contributed by atoms with van der Waals surface area (Å²) in [6, 6.07) is 14.7. The number of nitrogens with one attached hydrogen (secondary N) is 1. The number of fused-ring (bicyclic) bond motifs is 1. The Morgan fingerprint density at radius 1 is 1.03 bits per heavy atom. The van der Waals surface area contributed by atoms with Gasteiger partial charge in [0.15, 0.2) is 0 Å². The monoisotopic (exact) mass is 622 g/mol. The van der Waals surface area contributed by atoms with Crippen LogP contribution >= 0.6 is 31.9 Å². The van der Waals surface area contributed by atoms with Crippen molar-refractivity contribution in [2.45, 2.75) is 44.2 Å². The second-order valence-corrected chi connectivity index (χ2v) is 12.1. The van der Waals surface area contributed by atoms with E-state index in [-0.39, 0.29) is 29.6 Å². The number of sulfonamides is 1.